The lowest BCUT2D eigenvalue weighted by molar-refractivity contribution is 0.590. The first-order valence-corrected chi connectivity index (χ1v) is 26.8. The molecule has 4 heteroatoms. The van der Waals surface area contributed by atoms with Crippen LogP contribution in [0.15, 0.2) is 218 Å². The summed E-state index contributed by atoms with van der Waals surface area (Å²) in [5, 5.41) is 2.47. The van der Waals surface area contributed by atoms with E-state index >= 15 is 0 Å². The largest absolute Gasteiger partial charge is 0.376 e. The monoisotopic (exact) mass is 972 g/mol. The van der Waals surface area contributed by atoms with Crippen molar-refractivity contribution in [1.82, 2.24) is 0 Å². The van der Waals surface area contributed by atoms with Gasteiger partial charge in [-0.1, -0.05) is 196 Å². The fourth-order valence-electron chi connectivity index (χ4n) is 11.7. The standard InChI is InChI=1S/C71H66BN3/c1-47-43-51(48-19-13-11-14-20-48)26-40-63(47)74-64-42-39-59(73(56-33-27-53(28-34-56)69(2,3)4)57-35-29-54(30-36-57)70(5,6)7)46-62(64)72-68-61(44-52(45-66(68)74)49-21-15-12-16-22-49)67-60-24-18-17-23-50(60)25-41-65(67)75(72)58-37-31-55(32-38-58)71(8,9)10/h11-46H,1-10H3. The molecule has 0 saturated carbocycles. The fraction of sp³-hybridized carbons (Fsp3) is 0.183. The van der Waals surface area contributed by atoms with E-state index < -0.39 is 0 Å². The number of hydrogen-bond acceptors (Lipinski definition) is 3. The van der Waals surface area contributed by atoms with E-state index in [9.17, 15) is 0 Å². The molecule has 0 saturated heterocycles. The molecule has 0 spiro atoms. The summed E-state index contributed by atoms with van der Waals surface area (Å²) in [5.74, 6) is 0. The minimum atomic E-state index is -0.197. The molecule has 75 heavy (non-hydrogen) atoms. The summed E-state index contributed by atoms with van der Waals surface area (Å²) in [5.41, 5.74) is 24.3. The van der Waals surface area contributed by atoms with Crippen LogP contribution in [0.1, 0.15) is 84.6 Å². The van der Waals surface area contributed by atoms with E-state index in [-0.39, 0.29) is 23.1 Å². The number of anilines is 8. The molecule has 2 aliphatic heterocycles. The van der Waals surface area contributed by atoms with E-state index in [0.29, 0.717) is 0 Å². The maximum Gasteiger partial charge on any atom is 0.333 e. The van der Waals surface area contributed by atoms with Crippen molar-refractivity contribution >= 4 is 74.0 Å². The van der Waals surface area contributed by atoms with Gasteiger partial charge >= 0.3 is 6.85 Å². The SMILES string of the molecule is Cc1cc(-c2ccccc2)ccc1N1c2ccc(N(c3ccc(C(C)(C)C)cc3)c3ccc(C(C)(C)C)cc3)cc2B2c3c(cc(-c4ccccc4)cc31)-c1c(ccc3ccccc13)N2c1ccc(C(C)(C)C)cc1. The van der Waals surface area contributed by atoms with Crippen molar-refractivity contribution in [3.05, 3.63) is 241 Å². The van der Waals surface area contributed by atoms with Gasteiger partial charge in [-0.15, -0.1) is 0 Å². The lowest BCUT2D eigenvalue weighted by Gasteiger charge is -2.46. The number of fused-ring (bicyclic) bond motifs is 6. The van der Waals surface area contributed by atoms with Crippen LogP contribution in [-0.4, -0.2) is 6.85 Å². The molecule has 12 rings (SSSR count). The number of nitrogens with zero attached hydrogens (tertiary/aromatic N) is 3. The Morgan fingerprint density at radius 3 is 1.47 bits per heavy atom. The molecule has 2 aliphatic rings. The third kappa shape index (κ3) is 8.51. The Balaban J connectivity index is 1.18. The van der Waals surface area contributed by atoms with E-state index in [0.717, 1.165) is 34.1 Å². The lowest BCUT2D eigenvalue weighted by atomic mass is 9.43. The molecular weight excluding hydrogens is 906 g/mol. The molecule has 0 unspecified atom stereocenters. The summed E-state index contributed by atoms with van der Waals surface area (Å²) >= 11 is 0. The number of hydrogen-bond donors (Lipinski definition) is 0. The summed E-state index contributed by atoms with van der Waals surface area (Å²) in [4.78, 5) is 7.71. The van der Waals surface area contributed by atoms with Crippen molar-refractivity contribution in [1.29, 1.82) is 0 Å². The molecule has 0 aromatic heterocycles. The Morgan fingerprint density at radius 1 is 0.387 bits per heavy atom. The molecule has 10 aromatic rings. The number of aryl methyl sites for hydroxylation is 1. The molecule has 3 nitrogen and oxygen atoms in total. The van der Waals surface area contributed by atoms with Crippen molar-refractivity contribution in [3.8, 4) is 33.4 Å². The summed E-state index contributed by atoms with van der Waals surface area (Å²) in [6, 6.07) is 82.6. The fourth-order valence-corrected chi connectivity index (χ4v) is 11.7. The van der Waals surface area contributed by atoms with Gasteiger partial charge in [-0.3, -0.25) is 0 Å². The molecule has 0 fully saturated rings. The first kappa shape index (κ1) is 47.9. The zero-order valence-corrected chi connectivity index (χ0v) is 45.2. The molecule has 2 heterocycles. The first-order chi connectivity index (χ1) is 36.0. The van der Waals surface area contributed by atoms with Crippen LogP contribution in [0.25, 0.3) is 44.2 Å². The molecule has 0 atom stereocenters. The summed E-state index contributed by atoms with van der Waals surface area (Å²) in [6.07, 6.45) is 0. The van der Waals surface area contributed by atoms with Gasteiger partial charge in [-0.05, 0) is 180 Å². The molecule has 0 bridgehead atoms. The molecule has 0 N–H and O–H groups in total. The third-order valence-electron chi connectivity index (χ3n) is 15.8. The van der Waals surface area contributed by atoms with Crippen LogP contribution in [0.2, 0.25) is 0 Å². The Kier molecular flexibility index (Phi) is 11.6. The molecule has 0 aliphatic carbocycles. The summed E-state index contributed by atoms with van der Waals surface area (Å²) < 4.78 is 0. The predicted molar refractivity (Wildman–Crippen MR) is 324 cm³/mol. The highest BCUT2D eigenvalue weighted by Gasteiger charge is 2.46. The maximum atomic E-state index is 2.66. The highest BCUT2D eigenvalue weighted by molar-refractivity contribution is 6.93. The summed E-state index contributed by atoms with van der Waals surface area (Å²) in [7, 11) is 0. The highest BCUT2D eigenvalue weighted by Crippen LogP contribution is 2.51. The second kappa shape index (κ2) is 18.1. The van der Waals surface area contributed by atoms with Gasteiger partial charge < -0.3 is 14.6 Å². The topological polar surface area (TPSA) is 9.72 Å². The number of benzene rings is 10. The van der Waals surface area contributed by atoms with Crippen LogP contribution in [0, 0.1) is 6.92 Å². The molecule has 10 aromatic carbocycles. The minimum Gasteiger partial charge on any atom is -0.376 e. The maximum absolute atomic E-state index is 2.66. The van der Waals surface area contributed by atoms with E-state index in [2.05, 4.69) is 302 Å². The van der Waals surface area contributed by atoms with Crippen molar-refractivity contribution in [2.24, 2.45) is 0 Å². The van der Waals surface area contributed by atoms with Gasteiger partial charge in [0.1, 0.15) is 0 Å². The van der Waals surface area contributed by atoms with Gasteiger partial charge in [0.25, 0.3) is 0 Å². The second-order valence-corrected chi connectivity index (χ2v) is 23.9. The van der Waals surface area contributed by atoms with Gasteiger partial charge in [0, 0.05) is 51.1 Å². The first-order valence-electron chi connectivity index (χ1n) is 26.8. The molecular formula is C71H66BN3. The normalized spacial score (nSPS) is 13.1. The highest BCUT2D eigenvalue weighted by atomic mass is 15.2. The predicted octanol–water partition coefficient (Wildman–Crippen LogP) is 18.6. The van der Waals surface area contributed by atoms with Gasteiger partial charge in [0.2, 0.25) is 0 Å². The average molecular weight is 972 g/mol. The molecule has 0 radical (unpaired) electrons. The van der Waals surface area contributed by atoms with Crippen LogP contribution in [0.5, 0.6) is 0 Å². The van der Waals surface area contributed by atoms with Gasteiger partial charge in [0.05, 0.1) is 0 Å². The zero-order valence-electron chi connectivity index (χ0n) is 45.2. The van der Waals surface area contributed by atoms with Crippen LogP contribution in [0.4, 0.5) is 45.5 Å². The van der Waals surface area contributed by atoms with Gasteiger partial charge in [0.15, 0.2) is 0 Å². The van der Waals surface area contributed by atoms with Gasteiger partial charge in [-0.2, -0.15) is 0 Å². The summed E-state index contributed by atoms with van der Waals surface area (Å²) in [6.45, 7) is 22.7. The quantitative estimate of drug-likeness (QED) is 0.147. The minimum absolute atomic E-state index is 0.00251. The lowest BCUT2D eigenvalue weighted by Crippen LogP contribution is -2.61. The third-order valence-corrected chi connectivity index (χ3v) is 15.8. The second-order valence-electron chi connectivity index (χ2n) is 23.9. The van der Waals surface area contributed by atoms with Crippen LogP contribution >= 0.6 is 0 Å². The van der Waals surface area contributed by atoms with Crippen molar-refractivity contribution in [2.75, 3.05) is 14.6 Å². The Bertz CT molecular complexity index is 3710. The Labute approximate surface area is 445 Å². The van der Waals surface area contributed by atoms with Crippen molar-refractivity contribution in [2.45, 2.75) is 85.5 Å². The van der Waals surface area contributed by atoms with Crippen LogP contribution in [-0.2, 0) is 16.2 Å². The average Bonchev–Trinajstić information content (AvgIpc) is 3.44. The van der Waals surface area contributed by atoms with Crippen LogP contribution < -0.4 is 25.5 Å². The van der Waals surface area contributed by atoms with E-state index in [1.165, 1.54) is 88.7 Å². The Morgan fingerprint density at radius 2 is 0.893 bits per heavy atom. The van der Waals surface area contributed by atoms with E-state index in [4.69, 9.17) is 0 Å². The van der Waals surface area contributed by atoms with E-state index in [1.807, 2.05) is 0 Å². The smallest absolute Gasteiger partial charge is 0.333 e. The van der Waals surface area contributed by atoms with Crippen LogP contribution in [0.3, 0.4) is 0 Å². The number of rotatable bonds is 7. The van der Waals surface area contributed by atoms with Crippen molar-refractivity contribution in [3.63, 3.8) is 0 Å². The zero-order chi connectivity index (χ0) is 52.0. The van der Waals surface area contributed by atoms with Crippen molar-refractivity contribution < 1.29 is 0 Å². The molecule has 0 amide bonds. The van der Waals surface area contributed by atoms with Gasteiger partial charge in [-0.25, -0.2) is 0 Å². The Hall–Kier alpha value is -8.08. The molecule has 368 valence electrons. The van der Waals surface area contributed by atoms with E-state index in [1.54, 1.807) is 0 Å².